The highest BCUT2D eigenvalue weighted by Crippen LogP contribution is 2.36. The van der Waals surface area contributed by atoms with Crippen molar-refractivity contribution in [1.82, 2.24) is 19.5 Å². The number of carbonyl (C=O) groups is 1. The third-order valence-corrected chi connectivity index (χ3v) is 3.93. The smallest absolute Gasteiger partial charge is 0.283 e. The first-order valence-corrected chi connectivity index (χ1v) is 7.57. The van der Waals surface area contributed by atoms with Gasteiger partial charge in [-0.05, 0) is 12.1 Å². The Labute approximate surface area is 141 Å². The summed E-state index contributed by atoms with van der Waals surface area (Å²) in [6, 6.07) is 3.30. The summed E-state index contributed by atoms with van der Waals surface area (Å²) in [6.07, 6.45) is 4.14. The molecule has 0 atom stereocenters. The number of aromatic hydroxyl groups is 1. The van der Waals surface area contributed by atoms with Crippen LogP contribution in [0.4, 0.5) is 5.82 Å². The van der Waals surface area contributed by atoms with E-state index in [2.05, 4.69) is 25.3 Å². The van der Waals surface area contributed by atoms with Crippen molar-refractivity contribution in [2.24, 2.45) is 4.99 Å². The second-order valence-electron chi connectivity index (χ2n) is 5.40. The Morgan fingerprint density at radius 3 is 2.92 bits per heavy atom. The fourth-order valence-electron chi connectivity index (χ4n) is 2.81. The quantitative estimate of drug-likeness (QED) is 0.707. The first-order chi connectivity index (χ1) is 12.2. The lowest BCUT2D eigenvalue weighted by Gasteiger charge is -2.11. The van der Waals surface area contributed by atoms with Crippen LogP contribution in [0.1, 0.15) is 10.4 Å². The van der Waals surface area contributed by atoms with Crippen LogP contribution in [-0.2, 0) is 6.54 Å². The summed E-state index contributed by atoms with van der Waals surface area (Å²) in [4.78, 5) is 28.6. The van der Waals surface area contributed by atoms with Gasteiger partial charge in [-0.3, -0.25) is 9.36 Å². The molecule has 9 heteroatoms. The number of rotatable bonds is 2. The molecule has 1 aliphatic heterocycles. The van der Waals surface area contributed by atoms with Gasteiger partial charge in [0.2, 0.25) is 5.62 Å². The lowest BCUT2D eigenvalue weighted by Crippen LogP contribution is -2.25. The van der Waals surface area contributed by atoms with Crippen molar-refractivity contribution in [2.75, 3.05) is 19.0 Å². The monoisotopic (exact) mass is 338 g/mol. The van der Waals surface area contributed by atoms with Crippen LogP contribution in [0.5, 0.6) is 11.5 Å². The van der Waals surface area contributed by atoms with Gasteiger partial charge in [0.1, 0.15) is 17.7 Å². The first-order valence-electron chi connectivity index (χ1n) is 7.57. The Morgan fingerprint density at radius 1 is 1.36 bits per heavy atom. The molecule has 0 radical (unpaired) electrons. The molecule has 1 aliphatic rings. The number of methoxy groups -OCH3 is 1. The molecule has 0 bridgehead atoms. The molecule has 126 valence electrons. The molecule has 2 N–H and O–H groups in total. The van der Waals surface area contributed by atoms with Gasteiger partial charge in [0, 0.05) is 30.9 Å². The number of benzene rings is 1. The largest absolute Gasteiger partial charge is 0.504 e. The van der Waals surface area contributed by atoms with E-state index >= 15 is 0 Å². The molecule has 1 amide bonds. The molecule has 2 aromatic heterocycles. The summed E-state index contributed by atoms with van der Waals surface area (Å²) in [5.41, 5.74) is 0.928. The van der Waals surface area contributed by atoms with E-state index < -0.39 is 5.91 Å². The average molecular weight is 338 g/mol. The molecule has 0 unspecified atom stereocenters. The number of aromatic nitrogens is 4. The third kappa shape index (κ3) is 2.45. The fourth-order valence-corrected chi connectivity index (χ4v) is 2.81. The summed E-state index contributed by atoms with van der Waals surface area (Å²) in [7, 11) is 1.45. The predicted octanol–water partition coefficient (Wildman–Crippen LogP) is 0.707. The molecule has 0 fully saturated rings. The number of nitrogens with zero attached hydrogens (tertiary/aromatic N) is 5. The standard InChI is InChI=1S/C16H14N6O3/c1-25-13-11(23)3-2-10-12(13)20-16(22-5-4-19-14(10)22)21-15(24)9-6-17-8-18-7-9/h2-3,6-8,19,23H,4-5H2,1H3. The molecule has 3 aromatic rings. The summed E-state index contributed by atoms with van der Waals surface area (Å²) in [6.45, 7) is 1.31. The normalized spacial score (nSPS) is 13.6. The van der Waals surface area contributed by atoms with Gasteiger partial charge < -0.3 is 15.2 Å². The lowest BCUT2D eigenvalue weighted by molar-refractivity contribution is 0.0996. The average Bonchev–Trinajstić information content (AvgIpc) is 3.12. The first kappa shape index (κ1) is 15.1. The third-order valence-electron chi connectivity index (χ3n) is 3.93. The van der Waals surface area contributed by atoms with Gasteiger partial charge in [-0.15, -0.1) is 0 Å². The molecule has 9 nitrogen and oxygen atoms in total. The zero-order chi connectivity index (χ0) is 17.4. The molecular weight excluding hydrogens is 324 g/mol. The Hall–Kier alpha value is -3.49. The SMILES string of the molecule is COc1c(O)ccc2c3n(c(=NC(=O)c4cncnc4)nc12)CCN3. The Kier molecular flexibility index (Phi) is 3.53. The van der Waals surface area contributed by atoms with E-state index in [0.717, 1.165) is 11.2 Å². The second kappa shape index (κ2) is 5.86. The molecule has 0 aliphatic carbocycles. The van der Waals surface area contributed by atoms with E-state index in [9.17, 15) is 9.90 Å². The van der Waals surface area contributed by atoms with Crippen molar-refractivity contribution in [1.29, 1.82) is 0 Å². The van der Waals surface area contributed by atoms with E-state index in [1.165, 1.54) is 25.8 Å². The number of anilines is 1. The van der Waals surface area contributed by atoms with E-state index in [1.54, 1.807) is 12.1 Å². The van der Waals surface area contributed by atoms with Crippen molar-refractivity contribution in [3.05, 3.63) is 42.0 Å². The van der Waals surface area contributed by atoms with Crippen molar-refractivity contribution in [3.8, 4) is 11.5 Å². The molecule has 0 spiro atoms. The number of phenolic OH excluding ortho intramolecular Hbond substituents is 1. The Bertz CT molecular complexity index is 1050. The fraction of sp³-hybridized carbons (Fsp3) is 0.188. The molecule has 3 heterocycles. The van der Waals surface area contributed by atoms with Crippen LogP contribution in [0.25, 0.3) is 10.9 Å². The molecule has 4 rings (SSSR count). The zero-order valence-corrected chi connectivity index (χ0v) is 13.3. The highest BCUT2D eigenvalue weighted by molar-refractivity contribution is 5.96. The van der Waals surface area contributed by atoms with Gasteiger partial charge in [0.15, 0.2) is 11.5 Å². The van der Waals surface area contributed by atoms with Gasteiger partial charge in [0.25, 0.3) is 5.91 Å². The van der Waals surface area contributed by atoms with Crippen LogP contribution in [-0.4, -0.2) is 44.2 Å². The van der Waals surface area contributed by atoms with Crippen molar-refractivity contribution >= 4 is 22.6 Å². The molecule has 0 saturated carbocycles. The minimum Gasteiger partial charge on any atom is -0.504 e. The summed E-state index contributed by atoms with van der Waals surface area (Å²) >= 11 is 0. The number of ether oxygens (including phenoxy) is 1. The van der Waals surface area contributed by atoms with E-state index in [4.69, 9.17) is 4.74 Å². The van der Waals surface area contributed by atoms with Crippen LogP contribution < -0.4 is 15.7 Å². The van der Waals surface area contributed by atoms with Crippen LogP contribution in [0.3, 0.4) is 0 Å². The van der Waals surface area contributed by atoms with Gasteiger partial charge >= 0.3 is 0 Å². The zero-order valence-electron chi connectivity index (χ0n) is 13.3. The van der Waals surface area contributed by atoms with Crippen molar-refractivity contribution < 1.29 is 14.6 Å². The topological polar surface area (TPSA) is 115 Å². The van der Waals surface area contributed by atoms with Crippen LogP contribution in [0, 0.1) is 0 Å². The number of hydrogen-bond acceptors (Lipinski definition) is 7. The highest BCUT2D eigenvalue weighted by atomic mass is 16.5. The minimum atomic E-state index is -0.492. The number of phenols is 1. The molecule has 0 saturated heterocycles. The van der Waals surface area contributed by atoms with Gasteiger partial charge in [-0.1, -0.05) is 0 Å². The molecule has 1 aromatic carbocycles. The maximum absolute atomic E-state index is 12.4. The maximum atomic E-state index is 12.4. The second-order valence-corrected chi connectivity index (χ2v) is 5.40. The van der Waals surface area contributed by atoms with Crippen LogP contribution in [0.2, 0.25) is 0 Å². The number of nitrogens with one attached hydrogen (secondary N) is 1. The van der Waals surface area contributed by atoms with E-state index in [0.29, 0.717) is 18.6 Å². The van der Waals surface area contributed by atoms with Crippen LogP contribution >= 0.6 is 0 Å². The Balaban J connectivity index is 1.98. The molecular formula is C16H14N6O3. The summed E-state index contributed by atoms with van der Waals surface area (Å²) < 4.78 is 7.09. The number of carbonyl (C=O) groups excluding carboxylic acids is 1. The lowest BCUT2D eigenvalue weighted by atomic mass is 10.2. The van der Waals surface area contributed by atoms with Gasteiger partial charge in [0.05, 0.1) is 12.7 Å². The summed E-state index contributed by atoms with van der Waals surface area (Å²) in [5, 5.41) is 14.0. The van der Waals surface area contributed by atoms with Crippen LogP contribution in [0.15, 0.2) is 35.8 Å². The molecule has 25 heavy (non-hydrogen) atoms. The van der Waals surface area contributed by atoms with E-state index in [-0.39, 0.29) is 22.7 Å². The van der Waals surface area contributed by atoms with Gasteiger partial charge in [-0.2, -0.15) is 4.99 Å². The summed E-state index contributed by atoms with van der Waals surface area (Å²) in [5.74, 6) is 0.494. The predicted molar refractivity (Wildman–Crippen MR) is 88.4 cm³/mol. The minimum absolute atomic E-state index is 0.0285. The number of fused-ring (bicyclic) bond motifs is 3. The van der Waals surface area contributed by atoms with Crippen molar-refractivity contribution in [3.63, 3.8) is 0 Å². The number of amides is 1. The van der Waals surface area contributed by atoms with Gasteiger partial charge in [-0.25, -0.2) is 15.0 Å². The number of hydrogen-bond donors (Lipinski definition) is 2. The highest BCUT2D eigenvalue weighted by Gasteiger charge is 2.20. The Morgan fingerprint density at radius 2 is 2.16 bits per heavy atom. The maximum Gasteiger partial charge on any atom is 0.283 e. The van der Waals surface area contributed by atoms with Crippen molar-refractivity contribution in [2.45, 2.75) is 6.54 Å². The van der Waals surface area contributed by atoms with E-state index in [1.807, 2.05) is 4.57 Å².